The molecular formula is C15H11NO4S. The lowest BCUT2D eigenvalue weighted by molar-refractivity contribution is 0.0465. The molecule has 1 aromatic heterocycles. The molecule has 2 N–H and O–H groups in total. The summed E-state index contributed by atoms with van der Waals surface area (Å²) >= 11 is 1.40. The van der Waals surface area contributed by atoms with Crippen LogP contribution in [0.15, 0.2) is 41.2 Å². The van der Waals surface area contributed by atoms with Gasteiger partial charge in [0.05, 0.1) is 11.2 Å². The average Bonchev–Trinajstić information content (AvgIpc) is 3.02. The van der Waals surface area contributed by atoms with Crippen LogP contribution in [-0.2, 0) is 11.3 Å². The second-order valence-electron chi connectivity index (χ2n) is 4.39. The first kappa shape index (κ1) is 13.4. The SMILES string of the molecule is O=C(OCc1cscn1)c1cc(O)c2ccccc2c1O. The molecule has 106 valence electrons. The van der Waals surface area contributed by atoms with Crippen LogP contribution in [0.5, 0.6) is 11.5 Å². The molecule has 6 heteroatoms. The van der Waals surface area contributed by atoms with E-state index < -0.39 is 5.97 Å². The van der Waals surface area contributed by atoms with Gasteiger partial charge in [-0.3, -0.25) is 0 Å². The Hall–Kier alpha value is -2.60. The van der Waals surface area contributed by atoms with Crippen molar-refractivity contribution in [2.24, 2.45) is 0 Å². The third kappa shape index (κ3) is 2.53. The Morgan fingerprint density at radius 1 is 1.24 bits per heavy atom. The number of ether oxygens (including phenoxy) is 1. The Bertz CT molecular complexity index is 799. The first-order chi connectivity index (χ1) is 10.2. The Labute approximate surface area is 124 Å². The molecule has 1 heterocycles. The summed E-state index contributed by atoms with van der Waals surface area (Å²) in [4.78, 5) is 16.0. The topological polar surface area (TPSA) is 79.7 Å². The van der Waals surface area contributed by atoms with Crippen LogP contribution in [0.4, 0.5) is 0 Å². The van der Waals surface area contributed by atoms with E-state index in [1.54, 1.807) is 35.2 Å². The van der Waals surface area contributed by atoms with Crippen molar-refractivity contribution >= 4 is 28.1 Å². The van der Waals surface area contributed by atoms with E-state index in [1.165, 1.54) is 17.4 Å². The van der Waals surface area contributed by atoms with Gasteiger partial charge >= 0.3 is 5.97 Å². The summed E-state index contributed by atoms with van der Waals surface area (Å²) < 4.78 is 5.09. The second-order valence-corrected chi connectivity index (χ2v) is 5.11. The van der Waals surface area contributed by atoms with Gasteiger partial charge in [-0.2, -0.15) is 0 Å². The van der Waals surface area contributed by atoms with Crippen LogP contribution in [-0.4, -0.2) is 21.2 Å². The highest BCUT2D eigenvalue weighted by Crippen LogP contribution is 2.35. The second kappa shape index (κ2) is 5.41. The number of carbonyl (C=O) groups is 1. The lowest BCUT2D eigenvalue weighted by Crippen LogP contribution is -2.06. The Kier molecular flexibility index (Phi) is 3.45. The number of nitrogens with zero attached hydrogens (tertiary/aromatic N) is 1. The van der Waals surface area contributed by atoms with E-state index in [0.29, 0.717) is 16.5 Å². The number of esters is 1. The zero-order valence-electron chi connectivity index (χ0n) is 10.8. The highest BCUT2D eigenvalue weighted by Gasteiger charge is 2.18. The van der Waals surface area contributed by atoms with Crippen molar-refractivity contribution in [2.45, 2.75) is 6.61 Å². The van der Waals surface area contributed by atoms with Gasteiger partial charge in [0.1, 0.15) is 23.7 Å². The van der Waals surface area contributed by atoms with Gasteiger partial charge in [0, 0.05) is 16.2 Å². The molecule has 2 aromatic carbocycles. The van der Waals surface area contributed by atoms with E-state index in [1.807, 2.05) is 0 Å². The van der Waals surface area contributed by atoms with Crippen molar-refractivity contribution in [3.8, 4) is 11.5 Å². The molecule has 0 unspecified atom stereocenters. The molecule has 3 rings (SSSR count). The predicted octanol–water partition coefficient (Wildman–Crippen LogP) is 3.06. The molecule has 21 heavy (non-hydrogen) atoms. The summed E-state index contributed by atoms with van der Waals surface area (Å²) in [5, 5.41) is 22.8. The van der Waals surface area contributed by atoms with Crippen molar-refractivity contribution in [2.75, 3.05) is 0 Å². The number of phenols is 2. The molecule has 0 aliphatic heterocycles. The Morgan fingerprint density at radius 3 is 2.71 bits per heavy atom. The predicted molar refractivity (Wildman–Crippen MR) is 78.5 cm³/mol. The number of aromatic hydroxyl groups is 2. The fourth-order valence-electron chi connectivity index (χ4n) is 2.02. The maximum atomic E-state index is 12.0. The number of hydrogen-bond acceptors (Lipinski definition) is 6. The van der Waals surface area contributed by atoms with Gasteiger partial charge in [0.2, 0.25) is 0 Å². The van der Waals surface area contributed by atoms with Gasteiger partial charge in [-0.25, -0.2) is 9.78 Å². The average molecular weight is 301 g/mol. The standard InChI is InChI=1S/C15H11NO4S/c17-13-5-12(14(18)11-4-2-1-3-10(11)13)15(19)20-6-9-7-21-8-16-9/h1-5,7-8,17-18H,6H2. The van der Waals surface area contributed by atoms with E-state index in [9.17, 15) is 15.0 Å². The molecule has 0 spiro atoms. The summed E-state index contributed by atoms with van der Waals surface area (Å²) in [6.07, 6.45) is 0. The van der Waals surface area contributed by atoms with Crippen molar-refractivity contribution in [1.82, 2.24) is 4.98 Å². The van der Waals surface area contributed by atoms with Crippen molar-refractivity contribution < 1.29 is 19.7 Å². The zero-order valence-corrected chi connectivity index (χ0v) is 11.6. The molecule has 0 amide bonds. The van der Waals surface area contributed by atoms with Crippen LogP contribution in [0.25, 0.3) is 10.8 Å². The minimum absolute atomic E-state index is 0.0232. The number of fused-ring (bicyclic) bond motifs is 1. The molecule has 0 atom stereocenters. The minimum atomic E-state index is -0.707. The van der Waals surface area contributed by atoms with Crippen LogP contribution < -0.4 is 0 Å². The Morgan fingerprint density at radius 2 is 2.00 bits per heavy atom. The third-order valence-electron chi connectivity index (χ3n) is 3.05. The molecule has 3 aromatic rings. The number of thiazole rings is 1. The van der Waals surface area contributed by atoms with Crippen LogP contribution in [0, 0.1) is 0 Å². The lowest BCUT2D eigenvalue weighted by Gasteiger charge is -2.09. The van der Waals surface area contributed by atoms with E-state index in [0.717, 1.165) is 0 Å². The van der Waals surface area contributed by atoms with Crippen molar-refractivity contribution in [3.63, 3.8) is 0 Å². The molecule has 0 aliphatic rings. The fourth-order valence-corrected chi connectivity index (χ4v) is 2.57. The first-order valence-corrected chi connectivity index (χ1v) is 7.09. The molecule has 0 bridgehead atoms. The smallest absolute Gasteiger partial charge is 0.342 e. The van der Waals surface area contributed by atoms with Gasteiger partial charge in [0.15, 0.2) is 0 Å². The van der Waals surface area contributed by atoms with Crippen molar-refractivity contribution in [1.29, 1.82) is 0 Å². The lowest BCUT2D eigenvalue weighted by atomic mass is 10.0. The monoisotopic (exact) mass is 301 g/mol. The first-order valence-electron chi connectivity index (χ1n) is 6.14. The quantitative estimate of drug-likeness (QED) is 0.574. The van der Waals surface area contributed by atoms with Gasteiger partial charge in [-0.05, 0) is 6.07 Å². The van der Waals surface area contributed by atoms with Gasteiger partial charge in [0.25, 0.3) is 0 Å². The number of rotatable bonds is 3. The molecule has 0 saturated carbocycles. The normalized spacial score (nSPS) is 10.7. The van der Waals surface area contributed by atoms with Crippen LogP contribution >= 0.6 is 11.3 Å². The fraction of sp³-hybridized carbons (Fsp3) is 0.0667. The highest BCUT2D eigenvalue weighted by molar-refractivity contribution is 7.07. The number of phenolic OH excluding ortho intramolecular Hbond substituents is 2. The van der Waals surface area contributed by atoms with Crippen molar-refractivity contribution in [3.05, 3.63) is 52.5 Å². The van der Waals surface area contributed by atoms with E-state index >= 15 is 0 Å². The van der Waals surface area contributed by atoms with Crippen LogP contribution in [0.1, 0.15) is 16.1 Å². The number of hydrogen-bond donors (Lipinski definition) is 2. The summed E-state index contributed by atoms with van der Waals surface area (Å²) in [6, 6.07) is 7.95. The van der Waals surface area contributed by atoms with E-state index in [2.05, 4.69) is 4.98 Å². The molecular weight excluding hydrogens is 290 g/mol. The largest absolute Gasteiger partial charge is 0.507 e. The summed E-state index contributed by atoms with van der Waals surface area (Å²) in [5.41, 5.74) is 2.21. The third-order valence-corrected chi connectivity index (χ3v) is 3.68. The van der Waals surface area contributed by atoms with Gasteiger partial charge in [-0.15, -0.1) is 11.3 Å². The molecule has 0 radical (unpaired) electrons. The van der Waals surface area contributed by atoms with E-state index in [-0.39, 0.29) is 23.7 Å². The number of benzene rings is 2. The number of aromatic nitrogens is 1. The van der Waals surface area contributed by atoms with Gasteiger partial charge in [-0.1, -0.05) is 24.3 Å². The Balaban J connectivity index is 1.92. The summed E-state index contributed by atoms with van der Waals surface area (Å²) in [7, 11) is 0. The molecule has 0 fully saturated rings. The molecule has 0 saturated heterocycles. The zero-order chi connectivity index (χ0) is 14.8. The summed E-state index contributed by atoms with van der Waals surface area (Å²) in [5.74, 6) is -0.989. The van der Waals surface area contributed by atoms with Gasteiger partial charge < -0.3 is 14.9 Å². The van der Waals surface area contributed by atoms with E-state index in [4.69, 9.17) is 4.74 Å². The minimum Gasteiger partial charge on any atom is -0.507 e. The van der Waals surface area contributed by atoms with Crippen LogP contribution in [0.2, 0.25) is 0 Å². The maximum absolute atomic E-state index is 12.0. The number of carbonyl (C=O) groups excluding carboxylic acids is 1. The molecule has 0 aliphatic carbocycles. The maximum Gasteiger partial charge on any atom is 0.342 e. The summed E-state index contributed by atoms with van der Waals surface area (Å²) in [6.45, 7) is 0.0232. The molecule has 5 nitrogen and oxygen atoms in total. The van der Waals surface area contributed by atoms with Crippen LogP contribution in [0.3, 0.4) is 0 Å². The highest BCUT2D eigenvalue weighted by atomic mass is 32.1.